The molecule has 0 saturated carbocycles. The van der Waals surface area contributed by atoms with Gasteiger partial charge in [-0.25, -0.2) is 0 Å². The first-order valence-corrected chi connectivity index (χ1v) is 5.69. The van der Waals surface area contributed by atoms with E-state index < -0.39 is 0 Å². The standard InChI is InChI=1S/C10H9N3O2S/c1-2-7(4-11-10-13-12-5-16-10)9-8(3-1)14-6-15-9/h1-3,5H,4,6H2,(H,11,13). The summed E-state index contributed by atoms with van der Waals surface area (Å²) >= 11 is 1.47. The molecule has 82 valence electrons. The van der Waals surface area contributed by atoms with Crippen LogP contribution in [0.2, 0.25) is 0 Å². The van der Waals surface area contributed by atoms with Gasteiger partial charge in [0.2, 0.25) is 11.9 Å². The highest BCUT2D eigenvalue weighted by molar-refractivity contribution is 7.13. The van der Waals surface area contributed by atoms with Gasteiger partial charge in [0.15, 0.2) is 11.5 Å². The van der Waals surface area contributed by atoms with Gasteiger partial charge in [-0.05, 0) is 6.07 Å². The van der Waals surface area contributed by atoms with Crippen molar-refractivity contribution in [2.24, 2.45) is 0 Å². The lowest BCUT2D eigenvalue weighted by molar-refractivity contribution is 0.173. The minimum atomic E-state index is 0.297. The Labute approximate surface area is 96.0 Å². The SMILES string of the molecule is c1cc(CNc2nncs2)c2c(c1)OCO2. The Morgan fingerprint density at radius 2 is 2.38 bits per heavy atom. The molecule has 0 saturated heterocycles. The Morgan fingerprint density at radius 1 is 1.38 bits per heavy atom. The van der Waals surface area contributed by atoms with E-state index in [2.05, 4.69) is 15.5 Å². The topological polar surface area (TPSA) is 56.3 Å². The first kappa shape index (κ1) is 9.41. The van der Waals surface area contributed by atoms with Crippen LogP contribution in [0.25, 0.3) is 0 Å². The van der Waals surface area contributed by atoms with Crippen LogP contribution < -0.4 is 14.8 Å². The summed E-state index contributed by atoms with van der Waals surface area (Å²) in [4.78, 5) is 0. The first-order valence-electron chi connectivity index (χ1n) is 4.81. The number of anilines is 1. The number of fused-ring (bicyclic) bond motifs is 1. The fourth-order valence-corrected chi connectivity index (χ4v) is 1.99. The number of nitrogens with zero attached hydrogens (tertiary/aromatic N) is 2. The predicted molar refractivity (Wildman–Crippen MR) is 59.8 cm³/mol. The first-order chi connectivity index (χ1) is 7.93. The number of hydrogen-bond donors (Lipinski definition) is 1. The molecule has 1 aromatic heterocycles. The average molecular weight is 235 g/mol. The minimum Gasteiger partial charge on any atom is -0.454 e. The van der Waals surface area contributed by atoms with Crippen LogP contribution in [0.1, 0.15) is 5.56 Å². The lowest BCUT2D eigenvalue weighted by atomic mass is 10.2. The molecule has 2 aromatic rings. The number of aromatic nitrogens is 2. The molecule has 1 aromatic carbocycles. The summed E-state index contributed by atoms with van der Waals surface area (Å²) in [7, 11) is 0. The second-order valence-corrected chi connectivity index (χ2v) is 4.08. The molecule has 3 rings (SSSR count). The lowest BCUT2D eigenvalue weighted by Gasteiger charge is -2.05. The van der Waals surface area contributed by atoms with Crippen LogP contribution in [0.15, 0.2) is 23.7 Å². The molecule has 0 radical (unpaired) electrons. The zero-order valence-corrected chi connectivity index (χ0v) is 9.16. The van der Waals surface area contributed by atoms with Crippen molar-refractivity contribution < 1.29 is 9.47 Å². The molecule has 0 atom stereocenters. The number of hydrogen-bond acceptors (Lipinski definition) is 6. The van der Waals surface area contributed by atoms with Gasteiger partial charge in [0.25, 0.3) is 0 Å². The van der Waals surface area contributed by atoms with E-state index in [0.29, 0.717) is 13.3 Å². The number of rotatable bonds is 3. The minimum absolute atomic E-state index is 0.297. The van der Waals surface area contributed by atoms with Crippen LogP contribution in [-0.4, -0.2) is 17.0 Å². The van der Waals surface area contributed by atoms with E-state index in [1.54, 1.807) is 5.51 Å². The Balaban J connectivity index is 1.78. The summed E-state index contributed by atoms with van der Waals surface area (Å²) in [5, 5.41) is 11.6. The number of para-hydroxylation sites is 1. The van der Waals surface area contributed by atoms with E-state index in [0.717, 1.165) is 22.2 Å². The molecule has 1 N–H and O–H groups in total. The van der Waals surface area contributed by atoms with Crippen molar-refractivity contribution in [3.8, 4) is 11.5 Å². The highest BCUT2D eigenvalue weighted by Gasteiger charge is 2.16. The van der Waals surface area contributed by atoms with E-state index in [4.69, 9.17) is 9.47 Å². The van der Waals surface area contributed by atoms with Crippen molar-refractivity contribution in [2.45, 2.75) is 6.54 Å². The Bertz CT molecular complexity index is 487. The van der Waals surface area contributed by atoms with Crippen molar-refractivity contribution >= 4 is 16.5 Å². The van der Waals surface area contributed by atoms with Crippen molar-refractivity contribution in [2.75, 3.05) is 12.1 Å². The highest BCUT2D eigenvalue weighted by Crippen LogP contribution is 2.35. The van der Waals surface area contributed by atoms with Gasteiger partial charge in [0.1, 0.15) is 5.51 Å². The molecule has 5 nitrogen and oxygen atoms in total. The summed E-state index contributed by atoms with van der Waals surface area (Å²) < 4.78 is 10.7. The Hall–Kier alpha value is -1.82. The molecule has 2 heterocycles. The van der Waals surface area contributed by atoms with E-state index in [1.807, 2.05) is 18.2 Å². The fourth-order valence-electron chi connectivity index (χ4n) is 1.55. The third-order valence-electron chi connectivity index (χ3n) is 2.27. The molecule has 0 amide bonds. The third kappa shape index (κ3) is 1.67. The summed E-state index contributed by atoms with van der Waals surface area (Å²) in [6.45, 7) is 0.951. The monoisotopic (exact) mass is 235 g/mol. The van der Waals surface area contributed by atoms with E-state index in [1.165, 1.54) is 11.3 Å². The second kappa shape index (κ2) is 3.97. The van der Waals surface area contributed by atoms with Gasteiger partial charge in [-0.15, -0.1) is 10.2 Å². The maximum atomic E-state index is 5.40. The Morgan fingerprint density at radius 3 is 3.25 bits per heavy atom. The fraction of sp³-hybridized carbons (Fsp3) is 0.200. The van der Waals surface area contributed by atoms with Crippen LogP contribution in [-0.2, 0) is 6.54 Å². The summed E-state index contributed by atoms with van der Waals surface area (Å²) in [6.07, 6.45) is 0. The molecular weight excluding hydrogens is 226 g/mol. The summed E-state index contributed by atoms with van der Waals surface area (Å²) in [5.41, 5.74) is 2.75. The number of nitrogens with one attached hydrogen (secondary N) is 1. The van der Waals surface area contributed by atoms with Crippen molar-refractivity contribution in [1.29, 1.82) is 0 Å². The van der Waals surface area contributed by atoms with Gasteiger partial charge in [-0.3, -0.25) is 0 Å². The molecule has 0 spiro atoms. The highest BCUT2D eigenvalue weighted by atomic mass is 32.1. The van der Waals surface area contributed by atoms with Gasteiger partial charge in [-0.1, -0.05) is 23.5 Å². The van der Waals surface area contributed by atoms with Crippen molar-refractivity contribution in [1.82, 2.24) is 10.2 Å². The molecule has 0 aliphatic carbocycles. The van der Waals surface area contributed by atoms with Gasteiger partial charge in [-0.2, -0.15) is 0 Å². The molecule has 0 unspecified atom stereocenters. The summed E-state index contributed by atoms with van der Waals surface area (Å²) in [5.74, 6) is 1.62. The van der Waals surface area contributed by atoms with E-state index >= 15 is 0 Å². The third-order valence-corrected chi connectivity index (χ3v) is 2.92. The number of ether oxygens (including phenoxy) is 2. The maximum Gasteiger partial charge on any atom is 0.231 e. The lowest BCUT2D eigenvalue weighted by Crippen LogP contribution is -2.00. The van der Waals surface area contributed by atoms with Crippen LogP contribution in [0.3, 0.4) is 0 Å². The molecule has 6 heteroatoms. The van der Waals surface area contributed by atoms with Crippen LogP contribution in [0.5, 0.6) is 11.5 Å². The maximum absolute atomic E-state index is 5.40. The smallest absolute Gasteiger partial charge is 0.231 e. The predicted octanol–water partition coefficient (Wildman–Crippen LogP) is 1.88. The van der Waals surface area contributed by atoms with Crippen molar-refractivity contribution in [3.05, 3.63) is 29.3 Å². The van der Waals surface area contributed by atoms with Gasteiger partial charge < -0.3 is 14.8 Å². The molecule has 0 bridgehead atoms. The van der Waals surface area contributed by atoms with Crippen LogP contribution in [0, 0.1) is 0 Å². The molecular formula is C10H9N3O2S. The van der Waals surface area contributed by atoms with Crippen molar-refractivity contribution in [3.63, 3.8) is 0 Å². The zero-order chi connectivity index (χ0) is 10.8. The van der Waals surface area contributed by atoms with Gasteiger partial charge >= 0.3 is 0 Å². The van der Waals surface area contributed by atoms with Gasteiger partial charge in [0, 0.05) is 12.1 Å². The summed E-state index contributed by atoms with van der Waals surface area (Å²) in [6, 6.07) is 5.85. The van der Waals surface area contributed by atoms with Gasteiger partial charge in [0.05, 0.1) is 0 Å². The molecule has 1 aliphatic heterocycles. The van der Waals surface area contributed by atoms with E-state index in [9.17, 15) is 0 Å². The Kier molecular flexibility index (Phi) is 2.34. The van der Waals surface area contributed by atoms with E-state index in [-0.39, 0.29) is 0 Å². The average Bonchev–Trinajstić information content (AvgIpc) is 2.97. The molecule has 0 fully saturated rings. The quantitative estimate of drug-likeness (QED) is 0.880. The molecule has 1 aliphatic rings. The second-order valence-electron chi connectivity index (χ2n) is 3.25. The molecule has 16 heavy (non-hydrogen) atoms. The largest absolute Gasteiger partial charge is 0.454 e. The van der Waals surface area contributed by atoms with Crippen LogP contribution in [0.4, 0.5) is 5.13 Å². The number of benzene rings is 1. The normalized spacial score (nSPS) is 12.8. The zero-order valence-electron chi connectivity index (χ0n) is 8.34. The van der Waals surface area contributed by atoms with Crippen LogP contribution >= 0.6 is 11.3 Å².